The van der Waals surface area contributed by atoms with Crippen LogP contribution in [0, 0.1) is 0 Å². The lowest BCUT2D eigenvalue weighted by molar-refractivity contribution is 0.0150. The molecule has 0 saturated carbocycles. The van der Waals surface area contributed by atoms with Crippen LogP contribution in [0.25, 0.3) is 6.08 Å². The van der Waals surface area contributed by atoms with Gasteiger partial charge in [0.2, 0.25) is 0 Å². The van der Waals surface area contributed by atoms with Crippen molar-refractivity contribution in [3.05, 3.63) is 41.5 Å². The van der Waals surface area contributed by atoms with Crippen molar-refractivity contribution < 1.29 is 4.74 Å². The number of allylic oxidation sites excluding steroid dienone is 1. The first-order valence-corrected chi connectivity index (χ1v) is 7.41. The number of rotatable bonds is 7. The third-order valence-corrected chi connectivity index (χ3v) is 3.13. The van der Waals surface area contributed by atoms with Crippen LogP contribution < -0.4 is 0 Å². The molecule has 0 bridgehead atoms. The van der Waals surface area contributed by atoms with Gasteiger partial charge in [0, 0.05) is 0 Å². The molecule has 0 unspecified atom stereocenters. The second-order valence-corrected chi connectivity index (χ2v) is 5.80. The average molecular weight is 260 g/mol. The van der Waals surface area contributed by atoms with Gasteiger partial charge in [0.1, 0.15) is 0 Å². The Morgan fingerprint density at radius 3 is 2.47 bits per heavy atom. The molecule has 1 aromatic carbocycles. The van der Waals surface area contributed by atoms with E-state index in [9.17, 15) is 0 Å². The van der Waals surface area contributed by atoms with Crippen LogP contribution in [0.2, 0.25) is 0 Å². The zero-order valence-electron chi connectivity index (χ0n) is 13.0. The second-order valence-electron chi connectivity index (χ2n) is 5.80. The molecule has 0 radical (unpaired) electrons. The highest BCUT2D eigenvalue weighted by atomic mass is 16.5. The minimum absolute atomic E-state index is 0.321. The highest BCUT2D eigenvalue weighted by Crippen LogP contribution is 2.16. The highest BCUT2D eigenvalue weighted by Gasteiger charge is 2.03. The molecule has 0 aliphatic heterocycles. The number of hydrogen-bond acceptors (Lipinski definition) is 1. The van der Waals surface area contributed by atoms with Gasteiger partial charge in [-0.05, 0) is 50.7 Å². The van der Waals surface area contributed by atoms with Crippen LogP contribution in [0.5, 0.6) is 0 Å². The van der Waals surface area contributed by atoms with E-state index in [1.165, 1.54) is 11.1 Å². The molecule has 1 aromatic rings. The smallest absolute Gasteiger partial charge is 0.0553 e. The Morgan fingerprint density at radius 2 is 1.84 bits per heavy atom. The molecule has 1 heteroatoms. The Morgan fingerprint density at radius 1 is 1.11 bits per heavy atom. The van der Waals surface area contributed by atoms with E-state index in [4.69, 9.17) is 4.74 Å². The maximum atomic E-state index is 5.72. The monoisotopic (exact) mass is 260 g/mol. The lowest BCUT2D eigenvalue weighted by atomic mass is 10.0. The molecular formula is C18H28O. The first-order chi connectivity index (χ1) is 8.99. The van der Waals surface area contributed by atoms with Crippen LogP contribution in [-0.4, -0.2) is 12.2 Å². The summed E-state index contributed by atoms with van der Waals surface area (Å²) in [7, 11) is 0. The fourth-order valence-corrected chi connectivity index (χ4v) is 2.10. The van der Waals surface area contributed by atoms with Crippen molar-refractivity contribution in [2.24, 2.45) is 0 Å². The zero-order chi connectivity index (χ0) is 14.3. The summed E-state index contributed by atoms with van der Waals surface area (Å²) in [6.07, 6.45) is 7.28. The number of benzene rings is 1. The molecular weight excluding hydrogens is 232 g/mol. The molecule has 106 valence electrons. The van der Waals surface area contributed by atoms with Gasteiger partial charge in [-0.15, -0.1) is 0 Å². The minimum atomic E-state index is 0.321. The van der Waals surface area contributed by atoms with E-state index in [0.717, 1.165) is 12.8 Å². The fraction of sp³-hybridized carbons (Fsp3) is 0.556. The van der Waals surface area contributed by atoms with E-state index in [-0.39, 0.29) is 0 Å². The van der Waals surface area contributed by atoms with Crippen molar-refractivity contribution in [2.45, 2.75) is 65.6 Å². The summed E-state index contributed by atoms with van der Waals surface area (Å²) in [4.78, 5) is 0. The lowest BCUT2D eigenvalue weighted by Crippen LogP contribution is -2.13. The Labute approximate surface area is 118 Å². The highest BCUT2D eigenvalue weighted by molar-refractivity contribution is 5.50. The molecule has 0 fully saturated rings. The predicted octanol–water partition coefficient (Wildman–Crippen LogP) is 5.42. The topological polar surface area (TPSA) is 9.23 Å². The first kappa shape index (κ1) is 16.0. The fourth-order valence-electron chi connectivity index (χ4n) is 2.10. The van der Waals surface area contributed by atoms with Gasteiger partial charge in [0.05, 0.1) is 12.2 Å². The Bertz CT molecular complexity index is 390. The van der Waals surface area contributed by atoms with Crippen LogP contribution in [0.15, 0.2) is 30.3 Å². The Kier molecular flexibility index (Phi) is 6.86. The molecule has 0 heterocycles. The third kappa shape index (κ3) is 6.58. The molecule has 0 spiro atoms. The maximum Gasteiger partial charge on any atom is 0.0553 e. The molecule has 0 N–H and O–H groups in total. The minimum Gasteiger partial charge on any atom is -0.376 e. The summed E-state index contributed by atoms with van der Waals surface area (Å²) >= 11 is 0. The van der Waals surface area contributed by atoms with Crippen LogP contribution in [0.4, 0.5) is 0 Å². The lowest BCUT2D eigenvalue weighted by Gasteiger charge is -2.14. The number of ether oxygens (including phenoxy) is 1. The molecule has 1 atom stereocenters. The molecule has 0 aliphatic rings. The van der Waals surface area contributed by atoms with Gasteiger partial charge in [0.15, 0.2) is 0 Å². The number of hydrogen-bond donors (Lipinski definition) is 0. The van der Waals surface area contributed by atoms with Gasteiger partial charge in [-0.2, -0.15) is 0 Å². The van der Waals surface area contributed by atoms with Crippen molar-refractivity contribution >= 4 is 6.08 Å². The summed E-state index contributed by atoms with van der Waals surface area (Å²) in [6.45, 7) is 10.8. The van der Waals surface area contributed by atoms with Crippen LogP contribution in [0.1, 0.15) is 64.5 Å². The Hall–Kier alpha value is -1.08. The van der Waals surface area contributed by atoms with Crippen molar-refractivity contribution in [1.29, 1.82) is 0 Å². The van der Waals surface area contributed by atoms with Gasteiger partial charge in [-0.1, -0.05) is 50.3 Å². The van der Waals surface area contributed by atoms with Crippen molar-refractivity contribution in [1.82, 2.24) is 0 Å². The molecule has 0 aromatic heterocycles. The normalized spacial score (nSPS) is 13.6. The molecule has 0 saturated heterocycles. The van der Waals surface area contributed by atoms with Gasteiger partial charge in [-0.25, -0.2) is 0 Å². The van der Waals surface area contributed by atoms with E-state index in [0.29, 0.717) is 18.1 Å². The molecule has 0 amide bonds. The summed E-state index contributed by atoms with van der Waals surface area (Å²) in [5, 5.41) is 0. The van der Waals surface area contributed by atoms with Crippen molar-refractivity contribution in [3.63, 3.8) is 0 Å². The van der Waals surface area contributed by atoms with Crippen LogP contribution in [0.3, 0.4) is 0 Å². The second kappa shape index (κ2) is 8.16. The predicted molar refractivity (Wildman–Crippen MR) is 84.5 cm³/mol. The molecule has 19 heavy (non-hydrogen) atoms. The molecule has 1 rings (SSSR count). The average Bonchev–Trinajstić information content (AvgIpc) is 2.34. The van der Waals surface area contributed by atoms with E-state index >= 15 is 0 Å². The molecule has 0 aliphatic carbocycles. The maximum absolute atomic E-state index is 5.72. The van der Waals surface area contributed by atoms with E-state index in [2.05, 4.69) is 71.0 Å². The van der Waals surface area contributed by atoms with Crippen molar-refractivity contribution in [2.75, 3.05) is 0 Å². The Balaban J connectivity index is 2.42. The molecule has 1 nitrogen and oxygen atoms in total. The van der Waals surface area contributed by atoms with Crippen molar-refractivity contribution in [3.8, 4) is 0 Å². The van der Waals surface area contributed by atoms with Gasteiger partial charge in [0.25, 0.3) is 0 Å². The van der Waals surface area contributed by atoms with E-state index < -0.39 is 0 Å². The van der Waals surface area contributed by atoms with Crippen LogP contribution in [-0.2, 0) is 4.74 Å². The standard InChI is InChI=1S/C18H28O/c1-14(2)18-12-8-11-17(13-18)10-7-6-9-16(5)19-15(3)4/h7-8,10-16H,6,9H2,1-5H3/b10-7+/t16-/m1/s1. The summed E-state index contributed by atoms with van der Waals surface area (Å²) < 4.78 is 5.72. The quantitative estimate of drug-likeness (QED) is 0.636. The summed E-state index contributed by atoms with van der Waals surface area (Å²) in [5.41, 5.74) is 2.70. The third-order valence-electron chi connectivity index (χ3n) is 3.13. The van der Waals surface area contributed by atoms with E-state index in [1.807, 2.05) is 0 Å². The zero-order valence-corrected chi connectivity index (χ0v) is 13.0. The van der Waals surface area contributed by atoms with Crippen LogP contribution >= 0.6 is 0 Å². The SMILES string of the molecule is CC(C)O[C@H](C)CC/C=C/c1cccc(C(C)C)c1. The van der Waals surface area contributed by atoms with Gasteiger partial charge in [-0.3, -0.25) is 0 Å². The van der Waals surface area contributed by atoms with Gasteiger partial charge >= 0.3 is 0 Å². The first-order valence-electron chi connectivity index (χ1n) is 7.41. The van der Waals surface area contributed by atoms with Gasteiger partial charge < -0.3 is 4.74 Å². The largest absolute Gasteiger partial charge is 0.376 e. The van der Waals surface area contributed by atoms with E-state index in [1.54, 1.807) is 0 Å². The summed E-state index contributed by atoms with van der Waals surface area (Å²) in [6, 6.07) is 8.77. The summed E-state index contributed by atoms with van der Waals surface area (Å²) in [5.74, 6) is 0.591.